The molecule has 174 valence electrons. The third-order valence-corrected chi connectivity index (χ3v) is 8.39. The minimum Gasteiger partial charge on any atom is -0.421 e. The lowest BCUT2D eigenvalue weighted by molar-refractivity contribution is 0.443. The van der Waals surface area contributed by atoms with Gasteiger partial charge in [0, 0.05) is 11.4 Å². The van der Waals surface area contributed by atoms with Crippen LogP contribution in [0.15, 0.2) is 62.6 Å². The lowest BCUT2D eigenvalue weighted by Crippen LogP contribution is -2.23. The van der Waals surface area contributed by atoms with Gasteiger partial charge in [-0.25, -0.2) is 13.2 Å². The lowest BCUT2D eigenvalue weighted by atomic mass is 9.84. The number of sulfonamides is 1. The van der Waals surface area contributed by atoms with Gasteiger partial charge in [0.15, 0.2) is 5.69 Å². The quantitative estimate of drug-likeness (QED) is 0.435. The van der Waals surface area contributed by atoms with E-state index in [9.17, 15) is 13.2 Å². The van der Waals surface area contributed by atoms with E-state index in [1.165, 1.54) is 24.8 Å². The van der Waals surface area contributed by atoms with Gasteiger partial charge in [-0.1, -0.05) is 56.4 Å². The van der Waals surface area contributed by atoms with Gasteiger partial charge in [-0.2, -0.15) is 0 Å². The van der Waals surface area contributed by atoms with E-state index in [2.05, 4.69) is 10.0 Å². The molecule has 0 amide bonds. The zero-order valence-corrected chi connectivity index (χ0v) is 19.5. The molecular formula is C26H30N2O4S. The van der Waals surface area contributed by atoms with Gasteiger partial charge in [0.1, 0.15) is 5.58 Å². The molecule has 1 heterocycles. The van der Waals surface area contributed by atoms with Gasteiger partial charge >= 0.3 is 5.63 Å². The van der Waals surface area contributed by atoms with Gasteiger partial charge in [0.25, 0.3) is 10.0 Å². The zero-order chi connectivity index (χ0) is 22.8. The van der Waals surface area contributed by atoms with Crippen molar-refractivity contribution >= 4 is 32.4 Å². The third kappa shape index (κ3) is 4.64. The highest BCUT2D eigenvalue weighted by molar-refractivity contribution is 7.92. The molecule has 3 aromatic rings. The topological polar surface area (TPSA) is 88.4 Å². The molecule has 0 bridgehead atoms. The van der Waals surface area contributed by atoms with Crippen LogP contribution in [0.1, 0.15) is 69.3 Å². The molecule has 2 aliphatic rings. The van der Waals surface area contributed by atoms with Gasteiger partial charge < -0.3 is 9.73 Å². The minimum atomic E-state index is -3.96. The Bertz CT molecular complexity index is 1290. The molecule has 2 saturated carbocycles. The molecular weight excluding hydrogens is 436 g/mol. The standard InChI is InChI=1S/C26H30N2O4S/c29-26-25(24(27-20-10-4-5-11-20)22-12-6-7-13-23(22)32-26)28-33(30,31)21-16-14-19(15-17-21)18-8-2-1-3-9-18/h6-7,12-18,20,27-28H,1-5,8-11H2. The Morgan fingerprint density at radius 2 is 1.45 bits per heavy atom. The summed E-state index contributed by atoms with van der Waals surface area (Å²) in [5.41, 5.74) is 1.36. The van der Waals surface area contributed by atoms with Gasteiger partial charge in [-0.05, 0) is 61.4 Å². The molecule has 7 heteroatoms. The number of hydrogen-bond donors (Lipinski definition) is 2. The first-order chi connectivity index (χ1) is 16.0. The third-order valence-electron chi connectivity index (χ3n) is 7.02. The first-order valence-electron chi connectivity index (χ1n) is 12.0. The smallest absolute Gasteiger partial charge is 0.363 e. The van der Waals surface area contributed by atoms with Crippen molar-refractivity contribution in [3.05, 3.63) is 64.5 Å². The first-order valence-corrected chi connectivity index (χ1v) is 13.4. The summed E-state index contributed by atoms with van der Waals surface area (Å²) >= 11 is 0. The van der Waals surface area contributed by atoms with Crippen molar-refractivity contribution in [1.82, 2.24) is 0 Å². The van der Waals surface area contributed by atoms with Gasteiger partial charge in [-0.15, -0.1) is 0 Å². The maximum absolute atomic E-state index is 13.2. The number of fused-ring (bicyclic) bond motifs is 1. The monoisotopic (exact) mass is 466 g/mol. The first kappa shape index (κ1) is 22.0. The van der Waals surface area contributed by atoms with Crippen LogP contribution < -0.4 is 15.7 Å². The molecule has 2 aliphatic carbocycles. The average molecular weight is 467 g/mol. The zero-order valence-electron chi connectivity index (χ0n) is 18.7. The Labute approximate surface area is 194 Å². The fraction of sp³-hybridized carbons (Fsp3) is 0.423. The van der Waals surface area contributed by atoms with E-state index in [4.69, 9.17) is 4.42 Å². The summed E-state index contributed by atoms with van der Waals surface area (Å²) in [6.07, 6.45) is 10.2. The van der Waals surface area contributed by atoms with Crippen LogP contribution in [0.5, 0.6) is 0 Å². The molecule has 0 radical (unpaired) electrons. The number of para-hydroxylation sites is 1. The molecule has 0 saturated heterocycles. The highest BCUT2D eigenvalue weighted by Gasteiger charge is 2.25. The number of hydrogen-bond acceptors (Lipinski definition) is 5. The Morgan fingerprint density at radius 1 is 0.788 bits per heavy atom. The van der Waals surface area contributed by atoms with E-state index >= 15 is 0 Å². The summed E-state index contributed by atoms with van der Waals surface area (Å²) in [6.45, 7) is 0. The van der Waals surface area contributed by atoms with Crippen LogP contribution in [0.25, 0.3) is 11.0 Å². The molecule has 2 aromatic carbocycles. The summed E-state index contributed by atoms with van der Waals surface area (Å²) in [4.78, 5) is 13.0. The number of nitrogens with one attached hydrogen (secondary N) is 2. The van der Waals surface area contributed by atoms with Crippen molar-refractivity contribution in [2.45, 2.75) is 74.6 Å². The highest BCUT2D eigenvalue weighted by atomic mass is 32.2. The summed E-state index contributed by atoms with van der Waals surface area (Å²) in [5.74, 6) is 0.498. The molecule has 0 atom stereocenters. The van der Waals surface area contributed by atoms with Crippen LogP contribution in [0, 0.1) is 0 Å². The normalized spacial score (nSPS) is 17.9. The Kier molecular flexibility index (Phi) is 6.15. The Morgan fingerprint density at radius 3 is 2.18 bits per heavy atom. The van der Waals surface area contributed by atoms with Crippen molar-refractivity contribution in [3.63, 3.8) is 0 Å². The van der Waals surface area contributed by atoms with Crippen molar-refractivity contribution in [1.29, 1.82) is 0 Å². The van der Waals surface area contributed by atoms with Crippen LogP contribution in [0.3, 0.4) is 0 Å². The second-order valence-corrected chi connectivity index (χ2v) is 11.0. The fourth-order valence-corrected chi connectivity index (χ4v) is 6.28. The van der Waals surface area contributed by atoms with Crippen molar-refractivity contribution < 1.29 is 12.8 Å². The predicted octanol–water partition coefficient (Wildman–Crippen LogP) is 6.00. The summed E-state index contributed by atoms with van der Waals surface area (Å²) in [5, 5.41) is 4.12. The lowest BCUT2D eigenvalue weighted by Gasteiger charge is -2.22. The molecule has 1 aromatic heterocycles. The second-order valence-electron chi connectivity index (χ2n) is 9.27. The maximum atomic E-state index is 13.2. The summed E-state index contributed by atoms with van der Waals surface area (Å²) in [6, 6.07) is 14.5. The summed E-state index contributed by atoms with van der Waals surface area (Å²) < 4.78 is 34.5. The average Bonchev–Trinajstić information content (AvgIpc) is 3.35. The van der Waals surface area contributed by atoms with E-state index in [-0.39, 0.29) is 16.6 Å². The molecule has 0 aliphatic heterocycles. The number of anilines is 2. The van der Waals surface area contributed by atoms with Crippen LogP contribution in [-0.2, 0) is 10.0 Å². The molecule has 2 N–H and O–H groups in total. The molecule has 33 heavy (non-hydrogen) atoms. The SMILES string of the molecule is O=c1oc2ccccc2c(NC2CCCC2)c1NS(=O)(=O)c1ccc(C2CCCCC2)cc1. The van der Waals surface area contributed by atoms with E-state index in [1.54, 1.807) is 24.3 Å². The Balaban J connectivity index is 1.48. The van der Waals surface area contributed by atoms with Crippen molar-refractivity contribution in [2.24, 2.45) is 0 Å². The van der Waals surface area contributed by atoms with E-state index < -0.39 is 15.6 Å². The second kappa shape index (κ2) is 9.21. The van der Waals surface area contributed by atoms with Crippen LogP contribution in [0.4, 0.5) is 11.4 Å². The molecule has 0 spiro atoms. The van der Waals surface area contributed by atoms with Crippen LogP contribution in [-0.4, -0.2) is 14.5 Å². The van der Waals surface area contributed by atoms with E-state index in [1.807, 2.05) is 24.3 Å². The van der Waals surface area contributed by atoms with Gasteiger partial charge in [-0.3, -0.25) is 4.72 Å². The van der Waals surface area contributed by atoms with Crippen LogP contribution >= 0.6 is 0 Å². The number of rotatable bonds is 6. The largest absolute Gasteiger partial charge is 0.421 e. The fourth-order valence-electron chi connectivity index (χ4n) is 5.22. The van der Waals surface area contributed by atoms with E-state index in [0.29, 0.717) is 22.6 Å². The van der Waals surface area contributed by atoms with Crippen LogP contribution in [0.2, 0.25) is 0 Å². The van der Waals surface area contributed by atoms with Crippen molar-refractivity contribution in [2.75, 3.05) is 10.0 Å². The van der Waals surface area contributed by atoms with Gasteiger partial charge in [0.2, 0.25) is 0 Å². The summed E-state index contributed by atoms with van der Waals surface area (Å²) in [7, 11) is -3.96. The van der Waals surface area contributed by atoms with Crippen molar-refractivity contribution in [3.8, 4) is 0 Å². The minimum absolute atomic E-state index is 0.0584. The number of benzene rings is 2. The highest BCUT2D eigenvalue weighted by Crippen LogP contribution is 2.35. The maximum Gasteiger partial charge on any atom is 0.363 e. The molecule has 2 fully saturated rings. The van der Waals surface area contributed by atoms with E-state index in [0.717, 1.165) is 38.5 Å². The Hall–Kier alpha value is -2.80. The molecule has 6 nitrogen and oxygen atoms in total. The predicted molar refractivity (Wildman–Crippen MR) is 131 cm³/mol. The molecule has 0 unspecified atom stereocenters. The van der Waals surface area contributed by atoms with Gasteiger partial charge in [0.05, 0.1) is 10.6 Å². The molecule has 5 rings (SSSR count).